The number of aromatic amines is 1. The molecule has 1 N–H and O–H groups in total. The molecule has 0 bridgehead atoms. The molecule has 0 radical (unpaired) electrons. The highest BCUT2D eigenvalue weighted by Gasteiger charge is 2.25. The fraction of sp³-hybridized carbons (Fsp3) is 0.375. The van der Waals surface area contributed by atoms with E-state index in [9.17, 15) is 4.79 Å². The number of amides is 1. The van der Waals surface area contributed by atoms with E-state index in [1.54, 1.807) is 0 Å². The largest absolute Gasteiger partial charge is 0.368 e. The molecule has 0 atom stereocenters. The van der Waals surface area contributed by atoms with Crippen molar-refractivity contribution in [3.05, 3.63) is 65.9 Å². The van der Waals surface area contributed by atoms with Crippen molar-refractivity contribution in [2.24, 2.45) is 0 Å². The third kappa shape index (κ3) is 3.64. The van der Waals surface area contributed by atoms with E-state index in [0.29, 0.717) is 6.42 Å². The second kappa shape index (κ2) is 7.34. The van der Waals surface area contributed by atoms with Gasteiger partial charge in [0.25, 0.3) is 0 Å². The summed E-state index contributed by atoms with van der Waals surface area (Å²) in [7, 11) is 0. The van der Waals surface area contributed by atoms with Crippen molar-refractivity contribution in [1.29, 1.82) is 0 Å². The Bertz CT molecular complexity index is 975. The van der Waals surface area contributed by atoms with Crippen LogP contribution in [0.15, 0.2) is 54.7 Å². The molecule has 1 aliphatic rings. The lowest BCUT2D eigenvalue weighted by atomic mass is 9.85. The summed E-state index contributed by atoms with van der Waals surface area (Å²) in [5, 5.41) is 1.15. The van der Waals surface area contributed by atoms with Crippen LogP contribution in [0.1, 0.15) is 31.9 Å². The predicted molar refractivity (Wildman–Crippen MR) is 116 cm³/mol. The maximum absolute atomic E-state index is 12.9. The molecule has 2 aromatic carbocycles. The first-order chi connectivity index (χ1) is 13.4. The van der Waals surface area contributed by atoms with Gasteiger partial charge in [0.05, 0.1) is 6.42 Å². The molecule has 0 spiro atoms. The van der Waals surface area contributed by atoms with Crippen LogP contribution >= 0.6 is 0 Å². The van der Waals surface area contributed by atoms with Gasteiger partial charge in [-0.15, -0.1) is 0 Å². The number of carbonyl (C=O) groups is 1. The summed E-state index contributed by atoms with van der Waals surface area (Å²) < 4.78 is 0. The number of piperazine rings is 1. The van der Waals surface area contributed by atoms with E-state index in [0.717, 1.165) is 42.6 Å². The Morgan fingerprint density at radius 3 is 2.39 bits per heavy atom. The predicted octanol–water partition coefficient (Wildman–Crippen LogP) is 4.36. The van der Waals surface area contributed by atoms with Crippen LogP contribution in [-0.2, 0) is 16.6 Å². The van der Waals surface area contributed by atoms with Gasteiger partial charge >= 0.3 is 0 Å². The molecular weight excluding hydrogens is 346 g/mol. The first kappa shape index (κ1) is 18.6. The topological polar surface area (TPSA) is 39.3 Å². The Morgan fingerprint density at radius 1 is 0.964 bits per heavy atom. The van der Waals surface area contributed by atoms with E-state index in [1.165, 1.54) is 11.3 Å². The number of hydrogen-bond donors (Lipinski definition) is 1. The molecule has 4 heteroatoms. The van der Waals surface area contributed by atoms with Gasteiger partial charge in [0.15, 0.2) is 0 Å². The van der Waals surface area contributed by atoms with Gasteiger partial charge in [-0.25, -0.2) is 0 Å². The van der Waals surface area contributed by atoms with Crippen molar-refractivity contribution in [2.45, 2.75) is 32.6 Å². The van der Waals surface area contributed by atoms with Crippen LogP contribution in [0, 0.1) is 0 Å². The SMILES string of the molecule is CC(C)(C)c1ccccc1N1CCN(C(=O)Cc2c[nH]c3ccccc23)CC1. The number of benzene rings is 2. The molecule has 1 aromatic heterocycles. The summed E-state index contributed by atoms with van der Waals surface area (Å²) in [6.07, 6.45) is 2.43. The number of nitrogens with one attached hydrogen (secondary N) is 1. The van der Waals surface area contributed by atoms with Crippen LogP contribution in [0.3, 0.4) is 0 Å². The number of nitrogens with zero attached hydrogens (tertiary/aromatic N) is 2. The lowest BCUT2D eigenvalue weighted by Crippen LogP contribution is -2.49. The molecule has 4 rings (SSSR count). The molecule has 28 heavy (non-hydrogen) atoms. The van der Waals surface area contributed by atoms with E-state index in [2.05, 4.69) is 67.1 Å². The van der Waals surface area contributed by atoms with Crippen molar-refractivity contribution < 1.29 is 4.79 Å². The third-order valence-electron chi connectivity index (χ3n) is 5.70. The Morgan fingerprint density at radius 2 is 1.64 bits per heavy atom. The third-order valence-corrected chi connectivity index (χ3v) is 5.70. The minimum absolute atomic E-state index is 0.110. The zero-order valence-corrected chi connectivity index (χ0v) is 17.0. The highest BCUT2D eigenvalue weighted by Crippen LogP contribution is 2.32. The number of aromatic nitrogens is 1. The molecule has 1 saturated heterocycles. The van der Waals surface area contributed by atoms with E-state index in [4.69, 9.17) is 0 Å². The molecule has 3 aromatic rings. The zero-order valence-electron chi connectivity index (χ0n) is 17.0. The minimum atomic E-state index is 0.110. The van der Waals surface area contributed by atoms with Gasteiger partial charge in [0.2, 0.25) is 5.91 Å². The number of H-pyrrole nitrogens is 1. The Hall–Kier alpha value is -2.75. The van der Waals surface area contributed by atoms with Gasteiger partial charge in [-0.2, -0.15) is 0 Å². The summed E-state index contributed by atoms with van der Waals surface area (Å²) >= 11 is 0. The molecule has 0 unspecified atom stereocenters. The normalized spacial score (nSPS) is 15.2. The fourth-order valence-corrected chi connectivity index (χ4v) is 4.13. The number of hydrogen-bond acceptors (Lipinski definition) is 2. The maximum atomic E-state index is 12.9. The number of carbonyl (C=O) groups excluding carboxylic acids is 1. The van der Waals surface area contributed by atoms with E-state index >= 15 is 0 Å². The van der Waals surface area contributed by atoms with E-state index in [1.807, 2.05) is 23.2 Å². The first-order valence-electron chi connectivity index (χ1n) is 10.1. The molecule has 1 amide bonds. The molecule has 2 heterocycles. The quantitative estimate of drug-likeness (QED) is 0.739. The van der Waals surface area contributed by atoms with E-state index in [-0.39, 0.29) is 11.3 Å². The van der Waals surface area contributed by atoms with Crippen LogP contribution in [0.4, 0.5) is 5.69 Å². The molecule has 4 nitrogen and oxygen atoms in total. The Kier molecular flexibility index (Phi) is 4.88. The summed E-state index contributed by atoms with van der Waals surface area (Å²) in [5.41, 5.74) is 4.96. The average Bonchev–Trinajstić information content (AvgIpc) is 3.10. The second-order valence-corrected chi connectivity index (χ2v) is 8.67. The Balaban J connectivity index is 1.43. The van der Waals surface area contributed by atoms with Crippen LogP contribution in [0.2, 0.25) is 0 Å². The molecule has 1 aliphatic heterocycles. The van der Waals surface area contributed by atoms with Crippen molar-refractivity contribution in [3.8, 4) is 0 Å². The minimum Gasteiger partial charge on any atom is -0.368 e. The van der Waals surface area contributed by atoms with Crippen molar-refractivity contribution in [2.75, 3.05) is 31.1 Å². The number of rotatable bonds is 3. The molecule has 146 valence electrons. The van der Waals surface area contributed by atoms with Crippen molar-refractivity contribution >= 4 is 22.5 Å². The molecular formula is C24H29N3O. The van der Waals surface area contributed by atoms with Gasteiger partial charge in [0, 0.05) is 49.0 Å². The molecule has 0 saturated carbocycles. The van der Waals surface area contributed by atoms with Crippen molar-refractivity contribution in [3.63, 3.8) is 0 Å². The maximum Gasteiger partial charge on any atom is 0.227 e. The fourth-order valence-electron chi connectivity index (χ4n) is 4.13. The van der Waals surface area contributed by atoms with Crippen LogP contribution in [-0.4, -0.2) is 42.0 Å². The van der Waals surface area contributed by atoms with Gasteiger partial charge in [0.1, 0.15) is 0 Å². The highest BCUT2D eigenvalue weighted by atomic mass is 16.2. The van der Waals surface area contributed by atoms with Gasteiger partial charge in [-0.3, -0.25) is 4.79 Å². The summed E-state index contributed by atoms with van der Waals surface area (Å²) in [5.74, 6) is 0.216. The van der Waals surface area contributed by atoms with Gasteiger partial charge in [-0.05, 0) is 28.7 Å². The Labute approximate surface area is 167 Å². The molecule has 0 aliphatic carbocycles. The second-order valence-electron chi connectivity index (χ2n) is 8.67. The molecule has 1 fully saturated rings. The summed E-state index contributed by atoms with van der Waals surface area (Å²) in [4.78, 5) is 20.6. The summed E-state index contributed by atoms with van der Waals surface area (Å²) in [6, 6.07) is 16.8. The number of fused-ring (bicyclic) bond motifs is 1. The number of para-hydroxylation sites is 2. The highest BCUT2D eigenvalue weighted by molar-refractivity contribution is 5.89. The van der Waals surface area contributed by atoms with E-state index < -0.39 is 0 Å². The standard InChI is InChI=1S/C24H29N3O/c1-24(2,3)20-9-5-7-11-22(20)26-12-14-27(15-13-26)23(28)16-18-17-25-21-10-6-4-8-19(18)21/h4-11,17,25H,12-16H2,1-3H3. The van der Waals surface area contributed by atoms with Crippen LogP contribution in [0.5, 0.6) is 0 Å². The lowest BCUT2D eigenvalue weighted by molar-refractivity contribution is -0.130. The number of anilines is 1. The summed E-state index contributed by atoms with van der Waals surface area (Å²) in [6.45, 7) is 10.1. The van der Waals surface area contributed by atoms with Crippen LogP contribution in [0.25, 0.3) is 10.9 Å². The van der Waals surface area contributed by atoms with Crippen molar-refractivity contribution in [1.82, 2.24) is 9.88 Å². The zero-order chi connectivity index (χ0) is 19.7. The van der Waals surface area contributed by atoms with Gasteiger partial charge < -0.3 is 14.8 Å². The smallest absolute Gasteiger partial charge is 0.227 e. The average molecular weight is 376 g/mol. The van der Waals surface area contributed by atoms with Crippen LogP contribution < -0.4 is 4.90 Å². The van der Waals surface area contributed by atoms with Gasteiger partial charge in [-0.1, -0.05) is 57.2 Å². The monoisotopic (exact) mass is 375 g/mol. The lowest BCUT2D eigenvalue weighted by Gasteiger charge is -2.38. The first-order valence-corrected chi connectivity index (χ1v) is 10.1.